The molecule has 1 atom stereocenters. The van der Waals surface area contributed by atoms with Crippen molar-refractivity contribution >= 4 is 10.0 Å². The van der Waals surface area contributed by atoms with Gasteiger partial charge in [-0.3, -0.25) is 0 Å². The first-order valence-electron chi connectivity index (χ1n) is 6.46. The SMILES string of the molecule is Cc1ccc(F)c(S(=O)(=O)N(C)CC2CNCCO2)c1. The molecule has 5 nitrogen and oxygen atoms in total. The Morgan fingerprint density at radius 1 is 1.50 bits per heavy atom. The Bertz CT molecular complexity index is 571. The predicted molar refractivity (Wildman–Crippen MR) is 73.6 cm³/mol. The van der Waals surface area contributed by atoms with Crippen molar-refractivity contribution in [1.82, 2.24) is 9.62 Å². The number of aryl methyl sites for hydroxylation is 1. The third-order valence-corrected chi connectivity index (χ3v) is 5.08. The molecular weight excluding hydrogens is 283 g/mol. The van der Waals surface area contributed by atoms with Crippen molar-refractivity contribution in [2.24, 2.45) is 0 Å². The minimum absolute atomic E-state index is 0.197. The van der Waals surface area contributed by atoms with Gasteiger partial charge in [0.15, 0.2) is 0 Å². The van der Waals surface area contributed by atoms with Crippen molar-refractivity contribution in [2.45, 2.75) is 17.9 Å². The molecule has 0 spiro atoms. The normalized spacial score (nSPS) is 20.3. The summed E-state index contributed by atoms with van der Waals surface area (Å²) in [7, 11) is -2.40. The number of likely N-dealkylation sites (N-methyl/N-ethyl adjacent to an activating group) is 1. The lowest BCUT2D eigenvalue weighted by Gasteiger charge is -2.27. The van der Waals surface area contributed by atoms with E-state index < -0.39 is 15.8 Å². The first-order valence-corrected chi connectivity index (χ1v) is 7.90. The Labute approximate surface area is 118 Å². The number of nitrogens with zero attached hydrogens (tertiary/aromatic N) is 1. The van der Waals surface area contributed by atoms with E-state index in [1.54, 1.807) is 13.0 Å². The molecule has 0 bridgehead atoms. The molecule has 1 heterocycles. The molecule has 0 amide bonds. The highest BCUT2D eigenvalue weighted by Crippen LogP contribution is 2.20. The van der Waals surface area contributed by atoms with Crippen molar-refractivity contribution in [3.63, 3.8) is 0 Å². The maximum Gasteiger partial charge on any atom is 0.245 e. The number of rotatable bonds is 4. The highest BCUT2D eigenvalue weighted by Gasteiger charge is 2.27. The molecule has 20 heavy (non-hydrogen) atoms. The van der Waals surface area contributed by atoms with Gasteiger partial charge in [0.1, 0.15) is 10.7 Å². The maximum atomic E-state index is 13.8. The zero-order valence-corrected chi connectivity index (χ0v) is 12.4. The summed E-state index contributed by atoms with van der Waals surface area (Å²) in [5.74, 6) is -0.731. The number of halogens is 1. The predicted octanol–water partition coefficient (Wildman–Crippen LogP) is 0.743. The van der Waals surface area contributed by atoms with Crippen molar-refractivity contribution in [2.75, 3.05) is 33.3 Å². The van der Waals surface area contributed by atoms with Crippen molar-refractivity contribution in [3.05, 3.63) is 29.6 Å². The number of hydrogen-bond donors (Lipinski definition) is 1. The van der Waals surface area contributed by atoms with Crippen LogP contribution in [0.2, 0.25) is 0 Å². The Morgan fingerprint density at radius 3 is 2.90 bits per heavy atom. The molecule has 2 rings (SSSR count). The third kappa shape index (κ3) is 3.35. The highest BCUT2D eigenvalue weighted by molar-refractivity contribution is 7.89. The van der Waals surface area contributed by atoms with Gasteiger partial charge in [-0.15, -0.1) is 0 Å². The molecule has 1 aliphatic rings. The highest BCUT2D eigenvalue weighted by atomic mass is 32.2. The summed E-state index contributed by atoms with van der Waals surface area (Å²) in [6.45, 7) is 3.84. The average molecular weight is 302 g/mol. The van der Waals surface area contributed by atoms with Crippen LogP contribution in [0.3, 0.4) is 0 Å². The average Bonchev–Trinajstić information content (AvgIpc) is 2.42. The molecule has 1 saturated heterocycles. The van der Waals surface area contributed by atoms with Crippen LogP contribution in [0.25, 0.3) is 0 Å². The van der Waals surface area contributed by atoms with Gasteiger partial charge >= 0.3 is 0 Å². The zero-order valence-electron chi connectivity index (χ0n) is 11.6. The minimum atomic E-state index is -3.84. The molecule has 7 heteroatoms. The fourth-order valence-corrected chi connectivity index (χ4v) is 3.45. The maximum absolute atomic E-state index is 13.8. The number of benzene rings is 1. The molecule has 1 fully saturated rings. The van der Waals surface area contributed by atoms with Gasteiger partial charge in [-0.25, -0.2) is 12.8 Å². The second kappa shape index (κ2) is 6.17. The molecule has 0 saturated carbocycles. The third-order valence-electron chi connectivity index (χ3n) is 3.24. The Kier molecular flexibility index (Phi) is 4.74. The van der Waals surface area contributed by atoms with Gasteiger partial charge in [-0.05, 0) is 24.6 Å². The van der Waals surface area contributed by atoms with E-state index in [-0.39, 0.29) is 17.5 Å². The van der Waals surface area contributed by atoms with Crippen LogP contribution in [0.4, 0.5) is 4.39 Å². The molecule has 0 aliphatic carbocycles. The summed E-state index contributed by atoms with van der Waals surface area (Å²) in [4.78, 5) is -0.288. The fourth-order valence-electron chi connectivity index (χ4n) is 2.10. The molecule has 0 radical (unpaired) electrons. The first kappa shape index (κ1) is 15.4. The molecular formula is C13H19FN2O3S. The van der Waals surface area contributed by atoms with Crippen LogP contribution in [0, 0.1) is 12.7 Å². The standard InChI is InChI=1S/C13H19FN2O3S/c1-10-3-4-12(14)13(7-10)20(17,18)16(2)9-11-8-15-5-6-19-11/h3-4,7,11,15H,5-6,8-9H2,1-2H3. The van der Waals surface area contributed by atoms with Crippen molar-refractivity contribution in [1.29, 1.82) is 0 Å². The lowest BCUT2D eigenvalue weighted by atomic mass is 10.2. The van der Waals surface area contributed by atoms with E-state index in [4.69, 9.17) is 4.74 Å². The summed E-state index contributed by atoms with van der Waals surface area (Å²) < 4.78 is 45.1. The number of ether oxygens (including phenoxy) is 1. The van der Waals surface area contributed by atoms with Gasteiger partial charge in [-0.1, -0.05) is 6.07 Å². The zero-order chi connectivity index (χ0) is 14.8. The largest absolute Gasteiger partial charge is 0.374 e. The Balaban J connectivity index is 2.18. The quantitative estimate of drug-likeness (QED) is 0.891. The fraction of sp³-hybridized carbons (Fsp3) is 0.538. The second-order valence-corrected chi connectivity index (χ2v) is 6.93. The Hall–Kier alpha value is -1.02. The van der Waals surface area contributed by atoms with Gasteiger partial charge in [0, 0.05) is 26.7 Å². The van der Waals surface area contributed by atoms with Crippen LogP contribution in [0.5, 0.6) is 0 Å². The van der Waals surface area contributed by atoms with Crippen molar-refractivity contribution < 1.29 is 17.5 Å². The summed E-state index contributed by atoms with van der Waals surface area (Å²) in [6, 6.07) is 4.07. The van der Waals surface area contributed by atoms with Crippen LogP contribution >= 0.6 is 0 Å². The van der Waals surface area contributed by atoms with Gasteiger partial charge in [0.25, 0.3) is 0 Å². The number of morpholine rings is 1. The summed E-state index contributed by atoms with van der Waals surface area (Å²) in [6.07, 6.45) is -0.212. The van der Waals surface area contributed by atoms with Crippen LogP contribution in [0.15, 0.2) is 23.1 Å². The van der Waals surface area contributed by atoms with E-state index in [0.717, 1.165) is 10.8 Å². The minimum Gasteiger partial charge on any atom is -0.374 e. The molecule has 1 aromatic rings. The number of hydrogen-bond acceptors (Lipinski definition) is 4. The molecule has 1 unspecified atom stereocenters. The first-order chi connectivity index (χ1) is 9.41. The van der Waals surface area contributed by atoms with E-state index in [0.29, 0.717) is 18.7 Å². The van der Waals surface area contributed by atoms with Gasteiger partial charge in [0.2, 0.25) is 10.0 Å². The molecule has 1 N–H and O–H groups in total. The lowest BCUT2D eigenvalue weighted by molar-refractivity contribution is 0.0206. The van der Waals surface area contributed by atoms with E-state index >= 15 is 0 Å². The summed E-state index contributed by atoms with van der Waals surface area (Å²) in [5.41, 5.74) is 0.703. The van der Waals surface area contributed by atoms with Crippen LogP contribution in [-0.2, 0) is 14.8 Å². The topological polar surface area (TPSA) is 58.6 Å². The van der Waals surface area contributed by atoms with E-state index in [2.05, 4.69) is 5.32 Å². The summed E-state index contributed by atoms with van der Waals surface area (Å²) >= 11 is 0. The molecule has 0 aromatic heterocycles. The number of nitrogens with one attached hydrogen (secondary N) is 1. The molecule has 112 valence electrons. The van der Waals surface area contributed by atoms with Gasteiger partial charge in [-0.2, -0.15) is 4.31 Å². The van der Waals surface area contributed by atoms with E-state index in [1.807, 2.05) is 0 Å². The van der Waals surface area contributed by atoms with E-state index in [9.17, 15) is 12.8 Å². The summed E-state index contributed by atoms with van der Waals surface area (Å²) in [5, 5.41) is 3.13. The van der Waals surface area contributed by atoms with Gasteiger partial charge in [0.05, 0.1) is 12.7 Å². The van der Waals surface area contributed by atoms with Crippen LogP contribution in [0.1, 0.15) is 5.56 Å². The van der Waals surface area contributed by atoms with Crippen LogP contribution < -0.4 is 5.32 Å². The number of sulfonamides is 1. The van der Waals surface area contributed by atoms with Crippen LogP contribution in [-0.4, -0.2) is 52.1 Å². The van der Waals surface area contributed by atoms with E-state index in [1.165, 1.54) is 19.2 Å². The van der Waals surface area contributed by atoms with Gasteiger partial charge < -0.3 is 10.1 Å². The smallest absolute Gasteiger partial charge is 0.245 e. The molecule has 1 aliphatic heterocycles. The van der Waals surface area contributed by atoms with Crippen molar-refractivity contribution in [3.8, 4) is 0 Å². The Morgan fingerprint density at radius 2 is 2.25 bits per heavy atom. The lowest BCUT2D eigenvalue weighted by Crippen LogP contribution is -2.45. The molecule has 1 aromatic carbocycles. The second-order valence-electron chi connectivity index (χ2n) is 4.92. The monoisotopic (exact) mass is 302 g/mol.